The molecule has 0 fully saturated rings. The number of nitrogens with one attached hydrogen (secondary N) is 2. The van der Waals surface area contributed by atoms with Gasteiger partial charge in [0.05, 0.1) is 11.6 Å². The molecule has 0 aliphatic rings. The predicted octanol–water partition coefficient (Wildman–Crippen LogP) is 1.32. The molecule has 5 heteroatoms. The summed E-state index contributed by atoms with van der Waals surface area (Å²) in [7, 11) is 0. The molecule has 1 rings (SSSR count). The number of carbonyl (C=O) groups excluding carboxylic acids is 1. The van der Waals surface area contributed by atoms with Gasteiger partial charge in [-0.1, -0.05) is 6.92 Å². The van der Waals surface area contributed by atoms with E-state index >= 15 is 0 Å². The largest absolute Gasteiger partial charge is 0.351 e. The second-order valence-corrected chi connectivity index (χ2v) is 3.30. The third-order valence-electron chi connectivity index (χ3n) is 2.11. The van der Waals surface area contributed by atoms with Gasteiger partial charge in [0.15, 0.2) is 0 Å². The second kappa shape index (κ2) is 8.57. The smallest absolute Gasteiger partial charge is 0.251 e. The first kappa shape index (κ1) is 15.4. The molecule has 1 aromatic carbocycles. The van der Waals surface area contributed by atoms with Gasteiger partial charge >= 0.3 is 0 Å². The summed E-state index contributed by atoms with van der Waals surface area (Å²) in [4.78, 5) is 11.6. The normalized spacial score (nSPS) is 8.94. The Morgan fingerprint density at radius 1 is 1.29 bits per heavy atom. The fraction of sp³-hybridized carbons (Fsp3) is 0.333. The third kappa shape index (κ3) is 5.34. The van der Waals surface area contributed by atoms with Crippen LogP contribution in [0.2, 0.25) is 0 Å². The monoisotopic (exact) mass is 253 g/mol. The molecule has 0 radical (unpaired) electrons. The van der Waals surface area contributed by atoms with Crippen LogP contribution < -0.4 is 10.6 Å². The number of hydrogen-bond acceptors (Lipinski definition) is 3. The molecule has 0 bridgehead atoms. The van der Waals surface area contributed by atoms with Crippen molar-refractivity contribution in [3.05, 3.63) is 35.4 Å². The zero-order valence-corrected chi connectivity index (χ0v) is 10.5. The van der Waals surface area contributed by atoms with Gasteiger partial charge in [0.1, 0.15) is 0 Å². The van der Waals surface area contributed by atoms with Crippen LogP contribution in [0.4, 0.5) is 0 Å². The van der Waals surface area contributed by atoms with E-state index in [4.69, 9.17) is 5.26 Å². The van der Waals surface area contributed by atoms with Crippen LogP contribution in [-0.4, -0.2) is 25.5 Å². The Morgan fingerprint density at radius 2 is 1.94 bits per heavy atom. The minimum Gasteiger partial charge on any atom is -0.351 e. The van der Waals surface area contributed by atoms with Crippen LogP contribution in [0.15, 0.2) is 24.3 Å². The molecular weight excluding hydrogens is 238 g/mol. The molecule has 0 aliphatic heterocycles. The molecule has 4 nitrogen and oxygen atoms in total. The minimum atomic E-state index is -0.109. The van der Waals surface area contributed by atoms with Crippen molar-refractivity contribution in [2.24, 2.45) is 0 Å². The third-order valence-corrected chi connectivity index (χ3v) is 2.11. The van der Waals surface area contributed by atoms with Crippen LogP contribution in [0.3, 0.4) is 0 Å². The molecule has 0 heterocycles. The number of rotatable bonds is 5. The molecule has 0 aliphatic carbocycles. The average molecular weight is 254 g/mol. The van der Waals surface area contributed by atoms with Gasteiger partial charge in [-0.15, -0.1) is 12.4 Å². The Bertz CT molecular complexity index is 384. The summed E-state index contributed by atoms with van der Waals surface area (Å²) in [5.41, 5.74) is 1.14. The van der Waals surface area contributed by atoms with Gasteiger partial charge in [0.25, 0.3) is 5.91 Å². The molecule has 1 aromatic rings. The summed E-state index contributed by atoms with van der Waals surface area (Å²) in [6.45, 7) is 4.28. The quantitative estimate of drug-likeness (QED) is 0.778. The van der Waals surface area contributed by atoms with Gasteiger partial charge in [0, 0.05) is 18.7 Å². The van der Waals surface area contributed by atoms with Crippen molar-refractivity contribution in [3.8, 4) is 6.07 Å². The van der Waals surface area contributed by atoms with E-state index in [-0.39, 0.29) is 18.3 Å². The highest BCUT2D eigenvalue weighted by molar-refractivity contribution is 5.94. The number of benzene rings is 1. The van der Waals surface area contributed by atoms with Crippen LogP contribution in [0.5, 0.6) is 0 Å². The molecular formula is C12H16ClN3O. The summed E-state index contributed by atoms with van der Waals surface area (Å²) in [5, 5.41) is 14.5. The standard InChI is InChI=1S/C12H15N3O.ClH/c1-2-14-7-8-15-12(16)11-5-3-10(9-13)4-6-11;/h3-6,14H,2,7-8H2,1H3,(H,15,16);1H. The van der Waals surface area contributed by atoms with Gasteiger partial charge in [-0.25, -0.2) is 0 Å². The summed E-state index contributed by atoms with van der Waals surface area (Å²) in [6, 6.07) is 8.60. The molecule has 0 saturated carbocycles. The van der Waals surface area contributed by atoms with E-state index < -0.39 is 0 Å². The highest BCUT2D eigenvalue weighted by Gasteiger charge is 2.03. The van der Waals surface area contributed by atoms with Crippen molar-refractivity contribution < 1.29 is 4.79 Å². The van der Waals surface area contributed by atoms with Crippen LogP contribution in [0.1, 0.15) is 22.8 Å². The Morgan fingerprint density at radius 3 is 2.47 bits per heavy atom. The molecule has 0 spiro atoms. The lowest BCUT2D eigenvalue weighted by molar-refractivity contribution is 0.0954. The lowest BCUT2D eigenvalue weighted by Crippen LogP contribution is -2.31. The SMILES string of the molecule is CCNCCNC(=O)c1ccc(C#N)cc1.Cl. The van der Waals surface area contributed by atoms with Crippen molar-refractivity contribution in [2.75, 3.05) is 19.6 Å². The fourth-order valence-electron chi connectivity index (χ4n) is 1.24. The number of hydrogen-bond donors (Lipinski definition) is 2. The van der Waals surface area contributed by atoms with E-state index in [1.54, 1.807) is 24.3 Å². The molecule has 2 N–H and O–H groups in total. The van der Waals surface area contributed by atoms with Gasteiger partial charge in [-0.2, -0.15) is 5.26 Å². The minimum absolute atomic E-state index is 0. The molecule has 92 valence electrons. The first-order valence-corrected chi connectivity index (χ1v) is 5.27. The Kier molecular flexibility index (Phi) is 7.78. The van der Waals surface area contributed by atoms with Crippen LogP contribution in [0, 0.1) is 11.3 Å². The van der Waals surface area contributed by atoms with Crippen molar-refractivity contribution in [3.63, 3.8) is 0 Å². The zero-order chi connectivity index (χ0) is 11.8. The van der Waals surface area contributed by atoms with E-state index in [9.17, 15) is 4.79 Å². The highest BCUT2D eigenvalue weighted by atomic mass is 35.5. The number of likely N-dealkylation sites (N-methyl/N-ethyl adjacent to an activating group) is 1. The van der Waals surface area contributed by atoms with Gasteiger partial charge in [0.2, 0.25) is 0 Å². The van der Waals surface area contributed by atoms with Crippen molar-refractivity contribution >= 4 is 18.3 Å². The van der Waals surface area contributed by atoms with E-state index in [2.05, 4.69) is 10.6 Å². The number of amides is 1. The maximum Gasteiger partial charge on any atom is 0.251 e. The van der Waals surface area contributed by atoms with E-state index in [1.165, 1.54) is 0 Å². The molecule has 0 atom stereocenters. The van der Waals surface area contributed by atoms with Crippen molar-refractivity contribution in [1.29, 1.82) is 5.26 Å². The Balaban J connectivity index is 0.00000256. The molecule has 17 heavy (non-hydrogen) atoms. The summed E-state index contributed by atoms with van der Waals surface area (Å²) >= 11 is 0. The lowest BCUT2D eigenvalue weighted by atomic mass is 10.1. The predicted molar refractivity (Wildman–Crippen MR) is 69.3 cm³/mol. The topological polar surface area (TPSA) is 64.9 Å². The fourth-order valence-corrected chi connectivity index (χ4v) is 1.24. The van der Waals surface area contributed by atoms with Crippen LogP contribution >= 0.6 is 12.4 Å². The van der Waals surface area contributed by atoms with Gasteiger partial charge in [-0.05, 0) is 30.8 Å². The summed E-state index contributed by atoms with van der Waals surface area (Å²) < 4.78 is 0. The number of nitriles is 1. The van der Waals surface area contributed by atoms with Gasteiger partial charge < -0.3 is 10.6 Å². The lowest BCUT2D eigenvalue weighted by Gasteiger charge is -2.05. The summed E-state index contributed by atoms with van der Waals surface area (Å²) in [6.07, 6.45) is 0. The zero-order valence-electron chi connectivity index (χ0n) is 9.69. The molecule has 0 unspecified atom stereocenters. The average Bonchev–Trinajstić information content (AvgIpc) is 2.34. The van der Waals surface area contributed by atoms with E-state index in [0.717, 1.165) is 13.1 Å². The molecule has 0 aromatic heterocycles. The Labute approximate surface area is 107 Å². The summed E-state index contributed by atoms with van der Waals surface area (Å²) in [5.74, 6) is -0.109. The van der Waals surface area contributed by atoms with Crippen molar-refractivity contribution in [1.82, 2.24) is 10.6 Å². The number of halogens is 1. The highest BCUT2D eigenvalue weighted by Crippen LogP contribution is 2.02. The van der Waals surface area contributed by atoms with Crippen LogP contribution in [-0.2, 0) is 0 Å². The van der Waals surface area contributed by atoms with E-state index in [1.807, 2.05) is 13.0 Å². The first-order valence-electron chi connectivity index (χ1n) is 5.27. The van der Waals surface area contributed by atoms with E-state index in [0.29, 0.717) is 17.7 Å². The first-order chi connectivity index (χ1) is 7.77. The van der Waals surface area contributed by atoms with Crippen LogP contribution in [0.25, 0.3) is 0 Å². The molecule has 1 amide bonds. The van der Waals surface area contributed by atoms with Crippen molar-refractivity contribution in [2.45, 2.75) is 6.92 Å². The Hall–Kier alpha value is -1.57. The van der Waals surface area contributed by atoms with Gasteiger partial charge in [-0.3, -0.25) is 4.79 Å². The number of carbonyl (C=O) groups is 1. The second-order valence-electron chi connectivity index (χ2n) is 3.30. The maximum atomic E-state index is 11.6. The maximum absolute atomic E-state index is 11.6. The number of nitrogens with zero attached hydrogens (tertiary/aromatic N) is 1. The molecule has 0 saturated heterocycles.